The van der Waals surface area contributed by atoms with Crippen molar-refractivity contribution in [2.75, 3.05) is 0 Å². The van der Waals surface area contributed by atoms with Crippen molar-refractivity contribution in [1.29, 1.82) is 0 Å². The van der Waals surface area contributed by atoms with E-state index in [9.17, 15) is 0 Å². The SMILES string of the molecule is N[C@@H]1CCCC[C@H]1NC1CC[C@H]2CCC1N2Cc1ccccc1. The summed E-state index contributed by atoms with van der Waals surface area (Å²) >= 11 is 0. The molecule has 0 aromatic heterocycles. The van der Waals surface area contributed by atoms with Crippen LogP contribution in [0.1, 0.15) is 56.9 Å². The maximum absolute atomic E-state index is 6.38. The number of nitrogens with zero attached hydrogens (tertiary/aromatic N) is 1. The number of hydrogen-bond donors (Lipinski definition) is 2. The van der Waals surface area contributed by atoms with Crippen molar-refractivity contribution >= 4 is 0 Å². The molecule has 126 valence electrons. The van der Waals surface area contributed by atoms with Crippen molar-refractivity contribution in [3.8, 4) is 0 Å². The minimum Gasteiger partial charge on any atom is -0.326 e. The van der Waals surface area contributed by atoms with Crippen molar-refractivity contribution in [3.63, 3.8) is 0 Å². The van der Waals surface area contributed by atoms with Crippen LogP contribution in [0.25, 0.3) is 0 Å². The van der Waals surface area contributed by atoms with Crippen LogP contribution in [0.2, 0.25) is 0 Å². The second-order valence-corrected chi connectivity index (χ2v) is 7.86. The van der Waals surface area contributed by atoms with E-state index in [4.69, 9.17) is 5.73 Å². The summed E-state index contributed by atoms with van der Waals surface area (Å²) in [5.41, 5.74) is 7.83. The van der Waals surface area contributed by atoms with E-state index in [0.29, 0.717) is 24.2 Å². The molecule has 1 saturated carbocycles. The first-order valence-electron chi connectivity index (χ1n) is 9.62. The Balaban J connectivity index is 1.43. The summed E-state index contributed by atoms with van der Waals surface area (Å²) in [4.78, 5) is 2.78. The van der Waals surface area contributed by atoms with Crippen LogP contribution in [0.4, 0.5) is 0 Å². The van der Waals surface area contributed by atoms with E-state index in [0.717, 1.165) is 12.6 Å². The van der Waals surface area contributed by atoms with Gasteiger partial charge in [-0.3, -0.25) is 4.90 Å². The average molecular weight is 313 g/mol. The van der Waals surface area contributed by atoms with Gasteiger partial charge in [-0.2, -0.15) is 0 Å². The van der Waals surface area contributed by atoms with E-state index in [1.54, 1.807) is 0 Å². The fraction of sp³-hybridized carbons (Fsp3) is 0.700. The Kier molecular flexibility index (Phi) is 4.70. The van der Waals surface area contributed by atoms with Crippen LogP contribution >= 0.6 is 0 Å². The molecule has 1 aromatic carbocycles. The van der Waals surface area contributed by atoms with Gasteiger partial charge in [0.2, 0.25) is 0 Å². The van der Waals surface area contributed by atoms with Crippen LogP contribution in [0, 0.1) is 0 Å². The van der Waals surface area contributed by atoms with Crippen molar-refractivity contribution < 1.29 is 0 Å². The highest BCUT2D eigenvalue weighted by Gasteiger charge is 2.43. The number of rotatable bonds is 4. The maximum atomic E-state index is 6.38. The molecule has 3 heteroatoms. The lowest BCUT2D eigenvalue weighted by Crippen LogP contribution is -2.58. The van der Waals surface area contributed by atoms with Gasteiger partial charge in [-0.05, 0) is 44.1 Å². The molecule has 23 heavy (non-hydrogen) atoms. The zero-order valence-electron chi connectivity index (χ0n) is 14.2. The molecule has 4 rings (SSSR count). The van der Waals surface area contributed by atoms with Crippen LogP contribution in [-0.4, -0.2) is 35.1 Å². The number of nitrogens with one attached hydrogen (secondary N) is 1. The van der Waals surface area contributed by atoms with Crippen molar-refractivity contribution in [2.24, 2.45) is 5.73 Å². The summed E-state index contributed by atoms with van der Waals surface area (Å²) in [6.07, 6.45) is 10.6. The molecular formula is C20H31N3. The monoisotopic (exact) mass is 313 g/mol. The van der Waals surface area contributed by atoms with Gasteiger partial charge in [0.15, 0.2) is 0 Å². The number of nitrogens with two attached hydrogens (primary N) is 1. The molecule has 1 aromatic rings. The van der Waals surface area contributed by atoms with Crippen molar-refractivity contribution in [2.45, 2.75) is 88.1 Å². The van der Waals surface area contributed by atoms with Crippen LogP contribution in [0.15, 0.2) is 30.3 Å². The third kappa shape index (κ3) is 3.33. The summed E-state index contributed by atoms with van der Waals surface area (Å²) < 4.78 is 0. The average Bonchev–Trinajstić information content (AvgIpc) is 2.84. The predicted octanol–water partition coefficient (Wildman–Crippen LogP) is 3.04. The Morgan fingerprint density at radius 1 is 0.913 bits per heavy atom. The lowest BCUT2D eigenvalue weighted by Gasteiger charge is -2.43. The van der Waals surface area contributed by atoms with Gasteiger partial charge in [0.1, 0.15) is 0 Å². The standard InChI is InChI=1S/C20H31N3/c21-17-8-4-5-9-18(17)22-19-12-10-16-11-13-20(19)23(16)14-15-6-2-1-3-7-15/h1-3,6-7,16-20,22H,4-5,8-14,21H2/t16-,17+,18+,19?,20?/m0/s1. The van der Waals surface area contributed by atoms with Gasteiger partial charge >= 0.3 is 0 Å². The van der Waals surface area contributed by atoms with E-state index in [1.807, 2.05) is 0 Å². The zero-order chi connectivity index (χ0) is 15.6. The van der Waals surface area contributed by atoms with Gasteiger partial charge in [0, 0.05) is 36.8 Å². The predicted molar refractivity (Wildman–Crippen MR) is 95.2 cm³/mol. The van der Waals surface area contributed by atoms with E-state index in [1.165, 1.54) is 56.9 Å². The fourth-order valence-corrected chi connectivity index (χ4v) is 5.15. The fourth-order valence-electron chi connectivity index (χ4n) is 5.15. The van der Waals surface area contributed by atoms with Gasteiger partial charge in [0.25, 0.3) is 0 Å². The summed E-state index contributed by atoms with van der Waals surface area (Å²) in [7, 11) is 0. The molecule has 0 spiro atoms. The van der Waals surface area contributed by atoms with Crippen molar-refractivity contribution in [3.05, 3.63) is 35.9 Å². The van der Waals surface area contributed by atoms with Crippen LogP contribution < -0.4 is 11.1 Å². The lowest BCUT2D eigenvalue weighted by molar-refractivity contribution is 0.0905. The molecule has 3 fully saturated rings. The smallest absolute Gasteiger partial charge is 0.0256 e. The molecule has 0 amide bonds. The van der Waals surface area contributed by atoms with E-state index < -0.39 is 0 Å². The number of benzene rings is 1. The lowest BCUT2D eigenvalue weighted by atomic mass is 9.88. The highest BCUT2D eigenvalue weighted by atomic mass is 15.3. The summed E-state index contributed by atoms with van der Waals surface area (Å²) in [6, 6.07) is 14.1. The minimum atomic E-state index is 0.366. The van der Waals surface area contributed by atoms with Crippen molar-refractivity contribution in [1.82, 2.24) is 10.2 Å². The molecule has 2 aliphatic heterocycles. The molecule has 5 atom stereocenters. The highest BCUT2D eigenvalue weighted by molar-refractivity contribution is 5.16. The molecule has 1 aliphatic carbocycles. The zero-order valence-corrected chi connectivity index (χ0v) is 14.2. The van der Waals surface area contributed by atoms with Crippen LogP contribution in [-0.2, 0) is 6.54 Å². The van der Waals surface area contributed by atoms with Gasteiger partial charge < -0.3 is 11.1 Å². The molecule has 0 radical (unpaired) electrons. The Bertz CT molecular complexity index is 503. The Labute approximate surface area is 140 Å². The van der Waals surface area contributed by atoms with Crippen LogP contribution in [0.5, 0.6) is 0 Å². The second kappa shape index (κ2) is 6.92. The molecule has 3 aliphatic rings. The number of fused-ring (bicyclic) bond motifs is 2. The number of hydrogen-bond acceptors (Lipinski definition) is 3. The Morgan fingerprint density at radius 3 is 2.52 bits per heavy atom. The first-order chi connectivity index (χ1) is 11.3. The molecule has 2 saturated heterocycles. The Morgan fingerprint density at radius 2 is 1.70 bits per heavy atom. The maximum Gasteiger partial charge on any atom is 0.0256 e. The molecule has 3 nitrogen and oxygen atoms in total. The largest absolute Gasteiger partial charge is 0.326 e. The van der Waals surface area contributed by atoms with Gasteiger partial charge in [-0.1, -0.05) is 43.2 Å². The summed E-state index contributed by atoms with van der Waals surface area (Å²) in [5.74, 6) is 0. The summed E-state index contributed by atoms with van der Waals surface area (Å²) in [6.45, 7) is 1.12. The second-order valence-electron chi connectivity index (χ2n) is 7.86. The summed E-state index contributed by atoms with van der Waals surface area (Å²) in [5, 5.41) is 3.98. The third-order valence-corrected chi connectivity index (χ3v) is 6.42. The molecule has 2 bridgehead atoms. The van der Waals surface area contributed by atoms with Gasteiger partial charge in [-0.25, -0.2) is 0 Å². The van der Waals surface area contributed by atoms with Gasteiger partial charge in [0.05, 0.1) is 0 Å². The molecule has 2 heterocycles. The minimum absolute atomic E-state index is 0.366. The van der Waals surface area contributed by atoms with Gasteiger partial charge in [-0.15, -0.1) is 0 Å². The first-order valence-corrected chi connectivity index (χ1v) is 9.62. The molecule has 2 unspecified atom stereocenters. The van der Waals surface area contributed by atoms with E-state index in [-0.39, 0.29) is 0 Å². The molecule has 3 N–H and O–H groups in total. The molecular weight excluding hydrogens is 282 g/mol. The topological polar surface area (TPSA) is 41.3 Å². The van der Waals surface area contributed by atoms with E-state index in [2.05, 4.69) is 40.5 Å². The quantitative estimate of drug-likeness (QED) is 0.898. The number of piperidine rings is 1. The third-order valence-electron chi connectivity index (χ3n) is 6.42. The van der Waals surface area contributed by atoms with Crippen LogP contribution in [0.3, 0.4) is 0 Å². The normalized spacial score (nSPS) is 37.9. The first kappa shape index (κ1) is 15.6. The van der Waals surface area contributed by atoms with E-state index >= 15 is 0 Å². The highest BCUT2D eigenvalue weighted by Crippen LogP contribution is 2.37. The Hall–Kier alpha value is -0.900.